The fourth-order valence-corrected chi connectivity index (χ4v) is 10.2. The maximum atomic E-state index is 12.3. The summed E-state index contributed by atoms with van der Waals surface area (Å²) >= 11 is 0. The van der Waals surface area contributed by atoms with Crippen molar-refractivity contribution in [3.63, 3.8) is 0 Å². The molecule has 4 fully saturated rings. The van der Waals surface area contributed by atoms with Gasteiger partial charge in [0, 0.05) is 26.2 Å². The van der Waals surface area contributed by atoms with E-state index in [2.05, 4.69) is 39.9 Å². The van der Waals surface area contributed by atoms with Crippen LogP contribution in [0.1, 0.15) is 98.8 Å². The van der Waals surface area contributed by atoms with Gasteiger partial charge in [0.15, 0.2) is 0 Å². The minimum absolute atomic E-state index is 0.0395. The molecule has 7 nitrogen and oxygen atoms in total. The van der Waals surface area contributed by atoms with Crippen LogP contribution in [0.25, 0.3) is 0 Å². The number of hydrogen-bond donors (Lipinski definition) is 2. The molecule has 0 heterocycles. The molecule has 4 rings (SSSR count). The van der Waals surface area contributed by atoms with Gasteiger partial charge in [-0.1, -0.05) is 20.8 Å². The van der Waals surface area contributed by atoms with Gasteiger partial charge in [0.2, 0.25) is 5.91 Å². The summed E-state index contributed by atoms with van der Waals surface area (Å²) < 4.78 is 43.4. The van der Waals surface area contributed by atoms with Crippen LogP contribution in [0.5, 0.6) is 0 Å². The molecule has 1 amide bonds. The Balaban J connectivity index is 1.43. The zero-order valence-corrected chi connectivity index (χ0v) is 25.2. The van der Waals surface area contributed by atoms with Crippen LogP contribution in [0.2, 0.25) is 0 Å². The number of carbonyl (C=O) groups is 1. The Hall–Kier alpha value is -0.700. The van der Waals surface area contributed by atoms with E-state index in [0.717, 1.165) is 25.6 Å². The SMILES string of the molecule is CCOC1CCC2(C)C(C1)CC(OCC)C1C2CCC2(C)C(C(C)CCC(=O)NCCS(=O)(=O)O)CCC12. The van der Waals surface area contributed by atoms with Crippen molar-refractivity contribution in [2.45, 2.75) is 111 Å². The number of rotatable bonds is 11. The quantitative estimate of drug-likeness (QED) is 0.327. The second-order valence-corrected chi connectivity index (χ2v) is 15.0. The van der Waals surface area contributed by atoms with Crippen LogP contribution in [-0.4, -0.2) is 56.6 Å². The summed E-state index contributed by atoms with van der Waals surface area (Å²) in [6.07, 6.45) is 11.8. The first-order chi connectivity index (χ1) is 17.9. The summed E-state index contributed by atoms with van der Waals surface area (Å²) in [5.41, 5.74) is 0.667. The standard InChI is InChI=1S/C30H53NO6S/c1-6-36-22-12-14-29(4)21(18-22)19-26(37-7-2)28-24-10-9-23(30(24,5)15-13-25(28)29)20(3)8-11-27(32)31-16-17-38(33,34)35/h20-26,28H,6-19H2,1-5H3,(H,31,32)(H,33,34,35). The number of nitrogens with one attached hydrogen (secondary N) is 1. The second kappa shape index (κ2) is 12.0. The lowest BCUT2D eigenvalue weighted by Gasteiger charge is -2.63. The third kappa shape index (κ3) is 6.13. The van der Waals surface area contributed by atoms with E-state index in [0.29, 0.717) is 53.6 Å². The fourth-order valence-electron chi connectivity index (χ4n) is 9.88. The molecular formula is C30H53NO6S. The van der Waals surface area contributed by atoms with Crippen LogP contribution in [0.15, 0.2) is 0 Å². The third-order valence-corrected chi connectivity index (χ3v) is 12.4. The number of fused-ring (bicyclic) bond motifs is 5. The van der Waals surface area contributed by atoms with Crippen molar-refractivity contribution in [2.24, 2.45) is 46.3 Å². The smallest absolute Gasteiger partial charge is 0.266 e. The molecule has 0 radical (unpaired) electrons. The van der Waals surface area contributed by atoms with Crippen LogP contribution in [-0.2, 0) is 24.4 Å². The summed E-state index contributed by atoms with van der Waals surface area (Å²) in [7, 11) is -4.05. The molecule has 0 aromatic carbocycles. The minimum atomic E-state index is -4.05. The van der Waals surface area contributed by atoms with Crippen molar-refractivity contribution >= 4 is 16.0 Å². The van der Waals surface area contributed by atoms with E-state index >= 15 is 0 Å². The van der Waals surface area contributed by atoms with Crippen molar-refractivity contribution in [3.05, 3.63) is 0 Å². The van der Waals surface area contributed by atoms with Gasteiger partial charge in [0.05, 0.1) is 18.0 Å². The molecule has 38 heavy (non-hydrogen) atoms. The predicted molar refractivity (Wildman–Crippen MR) is 149 cm³/mol. The highest BCUT2D eigenvalue weighted by Gasteiger charge is 2.63. The van der Waals surface area contributed by atoms with Crippen molar-refractivity contribution in [1.29, 1.82) is 0 Å². The zero-order chi connectivity index (χ0) is 27.7. The van der Waals surface area contributed by atoms with Crippen LogP contribution >= 0.6 is 0 Å². The summed E-state index contributed by atoms with van der Waals surface area (Å²) in [5.74, 6) is 3.18. The molecule has 0 aromatic heterocycles. The highest BCUT2D eigenvalue weighted by atomic mass is 32.2. The van der Waals surface area contributed by atoms with Gasteiger partial charge in [-0.25, -0.2) is 0 Å². The summed E-state index contributed by atoms with van der Waals surface area (Å²) in [5, 5.41) is 2.65. The van der Waals surface area contributed by atoms with E-state index in [1.165, 1.54) is 51.4 Å². The lowest BCUT2D eigenvalue weighted by atomic mass is 9.43. The first-order valence-electron chi connectivity index (χ1n) is 15.4. The first-order valence-corrected chi connectivity index (χ1v) is 17.0. The maximum Gasteiger partial charge on any atom is 0.266 e. The van der Waals surface area contributed by atoms with Gasteiger partial charge in [-0.05, 0) is 118 Å². The Morgan fingerprint density at radius 3 is 2.37 bits per heavy atom. The van der Waals surface area contributed by atoms with Gasteiger partial charge in [-0.3, -0.25) is 9.35 Å². The highest BCUT2D eigenvalue weighted by molar-refractivity contribution is 7.85. The summed E-state index contributed by atoms with van der Waals surface area (Å²) in [6.45, 7) is 13.3. The molecule has 0 aromatic rings. The first kappa shape index (κ1) is 30.3. The predicted octanol–water partition coefficient (Wildman–Crippen LogP) is 5.49. The second-order valence-electron chi connectivity index (χ2n) is 13.5. The lowest BCUT2D eigenvalue weighted by Crippen LogP contribution is -2.59. The number of amides is 1. The molecule has 0 saturated heterocycles. The molecule has 220 valence electrons. The van der Waals surface area contributed by atoms with Gasteiger partial charge in [-0.15, -0.1) is 0 Å². The van der Waals surface area contributed by atoms with Crippen LogP contribution in [0.4, 0.5) is 0 Å². The highest BCUT2D eigenvalue weighted by Crippen LogP contribution is 2.68. The molecule has 0 spiro atoms. The van der Waals surface area contributed by atoms with Gasteiger partial charge in [0.25, 0.3) is 10.1 Å². The number of carbonyl (C=O) groups excluding carboxylic acids is 1. The molecular weight excluding hydrogens is 502 g/mol. The molecule has 4 aliphatic carbocycles. The van der Waals surface area contributed by atoms with Crippen molar-refractivity contribution in [3.8, 4) is 0 Å². The lowest BCUT2D eigenvalue weighted by molar-refractivity contribution is -0.190. The van der Waals surface area contributed by atoms with E-state index in [1.807, 2.05) is 0 Å². The Bertz CT molecular complexity index is 926. The van der Waals surface area contributed by atoms with Gasteiger partial charge < -0.3 is 14.8 Å². The van der Waals surface area contributed by atoms with Gasteiger partial charge in [0.1, 0.15) is 0 Å². The van der Waals surface area contributed by atoms with Crippen LogP contribution in [0, 0.1) is 46.3 Å². The number of hydrogen-bond acceptors (Lipinski definition) is 5. The largest absolute Gasteiger partial charge is 0.378 e. The Kier molecular flexibility index (Phi) is 9.59. The molecule has 10 unspecified atom stereocenters. The van der Waals surface area contributed by atoms with Crippen LogP contribution < -0.4 is 5.32 Å². The zero-order valence-electron chi connectivity index (χ0n) is 24.4. The Morgan fingerprint density at radius 1 is 1.00 bits per heavy atom. The average Bonchev–Trinajstić information content (AvgIpc) is 3.20. The van der Waals surface area contributed by atoms with E-state index in [4.69, 9.17) is 14.0 Å². The normalized spacial score (nSPS) is 41.6. The Labute approximate surface area is 231 Å². The van der Waals surface area contributed by atoms with Gasteiger partial charge in [-0.2, -0.15) is 8.42 Å². The van der Waals surface area contributed by atoms with Crippen molar-refractivity contribution in [1.82, 2.24) is 5.32 Å². The maximum absolute atomic E-state index is 12.3. The molecule has 0 bridgehead atoms. The van der Waals surface area contributed by atoms with Crippen molar-refractivity contribution in [2.75, 3.05) is 25.5 Å². The monoisotopic (exact) mass is 555 g/mol. The molecule has 10 atom stereocenters. The molecule has 8 heteroatoms. The van der Waals surface area contributed by atoms with Crippen LogP contribution in [0.3, 0.4) is 0 Å². The summed E-state index contributed by atoms with van der Waals surface area (Å²) in [4.78, 5) is 12.3. The Morgan fingerprint density at radius 2 is 1.68 bits per heavy atom. The van der Waals surface area contributed by atoms with E-state index < -0.39 is 15.9 Å². The number of ether oxygens (including phenoxy) is 2. The van der Waals surface area contributed by atoms with Gasteiger partial charge >= 0.3 is 0 Å². The van der Waals surface area contributed by atoms with E-state index in [1.54, 1.807) is 0 Å². The molecule has 2 N–H and O–H groups in total. The molecule has 0 aliphatic heterocycles. The fraction of sp³-hybridized carbons (Fsp3) is 0.967. The third-order valence-electron chi connectivity index (χ3n) is 11.7. The molecule has 4 saturated carbocycles. The average molecular weight is 556 g/mol. The van der Waals surface area contributed by atoms with E-state index in [9.17, 15) is 13.2 Å². The minimum Gasteiger partial charge on any atom is -0.378 e. The van der Waals surface area contributed by atoms with Crippen molar-refractivity contribution < 1.29 is 27.2 Å². The van der Waals surface area contributed by atoms with E-state index in [-0.39, 0.29) is 17.9 Å². The topological polar surface area (TPSA) is 102 Å². The summed E-state index contributed by atoms with van der Waals surface area (Å²) in [6, 6.07) is 0. The molecule has 4 aliphatic rings.